The lowest BCUT2D eigenvalue weighted by Gasteiger charge is -2.17. The Balaban J connectivity index is 2.19. The molecule has 0 atom stereocenters. The molecule has 0 aromatic heterocycles. The van der Waals surface area contributed by atoms with Crippen molar-refractivity contribution in [2.45, 2.75) is 27.2 Å². The summed E-state index contributed by atoms with van der Waals surface area (Å²) < 4.78 is 5.47. The van der Waals surface area contributed by atoms with Gasteiger partial charge >= 0.3 is 0 Å². The van der Waals surface area contributed by atoms with Crippen LogP contribution in [0.5, 0.6) is 5.75 Å². The third kappa shape index (κ3) is 6.13. The molecule has 0 aliphatic heterocycles. The minimum atomic E-state index is 0.0158. The van der Waals surface area contributed by atoms with Crippen molar-refractivity contribution in [3.63, 3.8) is 0 Å². The van der Waals surface area contributed by atoms with E-state index in [1.54, 1.807) is 12.1 Å². The summed E-state index contributed by atoms with van der Waals surface area (Å²) in [5.74, 6) is 0.817. The molecule has 4 nitrogen and oxygen atoms in total. The Labute approximate surface area is 109 Å². The second-order valence-electron chi connectivity index (χ2n) is 5.50. The number of rotatable bonds is 5. The Morgan fingerprint density at radius 1 is 1.28 bits per heavy atom. The monoisotopic (exact) mass is 250 g/mol. The standard InChI is InChI=1S/C14H22N2O2/c1-14(2,3)10-13(17)16-8-9-18-12-6-4-11(15)5-7-12/h4-7H,8-10,15H2,1-3H3,(H,16,17). The smallest absolute Gasteiger partial charge is 0.220 e. The first-order valence-electron chi connectivity index (χ1n) is 6.12. The number of benzene rings is 1. The fourth-order valence-corrected chi connectivity index (χ4v) is 1.47. The van der Waals surface area contributed by atoms with Crippen LogP contribution < -0.4 is 15.8 Å². The van der Waals surface area contributed by atoms with Crippen molar-refractivity contribution in [2.24, 2.45) is 5.41 Å². The lowest BCUT2D eigenvalue weighted by molar-refractivity contribution is -0.122. The van der Waals surface area contributed by atoms with Crippen LogP contribution in [-0.4, -0.2) is 19.1 Å². The maximum Gasteiger partial charge on any atom is 0.220 e. The number of ether oxygens (including phenoxy) is 1. The Morgan fingerprint density at radius 2 is 1.89 bits per heavy atom. The van der Waals surface area contributed by atoms with Gasteiger partial charge in [-0.15, -0.1) is 0 Å². The van der Waals surface area contributed by atoms with E-state index in [2.05, 4.69) is 5.32 Å². The van der Waals surface area contributed by atoms with Gasteiger partial charge in [-0.1, -0.05) is 20.8 Å². The summed E-state index contributed by atoms with van der Waals surface area (Å²) in [4.78, 5) is 11.5. The Hall–Kier alpha value is -1.71. The van der Waals surface area contributed by atoms with E-state index in [0.29, 0.717) is 25.3 Å². The molecule has 0 unspecified atom stereocenters. The predicted octanol–water partition coefficient (Wildman–Crippen LogP) is 2.20. The molecule has 0 saturated heterocycles. The van der Waals surface area contributed by atoms with Crippen LogP contribution in [0.4, 0.5) is 5.69 Å². The fraction of sp³-hybridized carbons (Fsp3) is 0.500. The molecule has 0 saturated carbocycles. The van der Waals surface area contributed by atoms with E-state index in [1.165, 1.54) is 0 Å². The molecule has 0 aliphatic carbocycles. The van der Waals surface area contributed by atoms with Crippen LogP contribution in [0.25, 0.3) is 0 Å². The fourth-order valence-electron chi connectivity index (χ4n) is 1.47. The van der Waals surface area contributed by atoms with E-state index in [-0.39, 0.29) is 11.3 Å². The zero-order valence-electron chi connectivity index (χ0n) is 11.3. The largest absolute Gasteiger partial charge is 0.492 e. The summed E-state index contributed by atoms with van der Waals surface area (Å²) in [6.07, 6.45) is 0.523. The number of nitrogens with one attached hydrogen (secondary N) is 1. The molecule has 100 valence electrons. The molecule has 0 radical (unpaired) electrons. The molecule has 1 rings (SSSR count). The summed E-state index contributed by atoms with van der Waals surface area (Å²) in [6, 6.07) is 7.19. The quantitative estimate of drug-likeness (QED) is 0.622. The lowest BCUT2D eigenvalue weighted by Crippen LogP contribution is -2.30. The highest BCUT2D eigenvalue weighted by Crippen LogP contribution is 2.17. The zero-order chi connectivity index (χ0) is 13.6. The van der Waals surface area contributed by atoms with Crippen LogP contribution in [0, 0.1) is 5.41 Å². The van der Waals surface area contributed by atoms with Crippen molar-refractivity contribution in [1.82, 2.24) is 5.32 Å². The van der Waals surface area contributed by atoms with Crippen molar-refractivity contribution < 1.29 is 9.53 Å². The van der Waals surface area contributed by atoms with Crippen LogP contribution >= 0.6 is 0 Å². The molecule has 0 aliphatic rings. The molecule has 1 aromatic carbocycles. The van der Waals surface area contributed by atoms with Gasteiger partial charge in [0, 0.05) is 12.1 Å². The van der Waals surface area contributed by atoms with Crippen molar-refractivity contribution >= 4 is 11.6 Å². The van der Waals surface area contributed by atoms with Gasteiger partial charge in [-0.3, -0.25) is 4.79 Å². The molecule has 3 N–H and O–H groups in total. The van der Waals surface area contributed by atoms with Crippen LogP contribution in [0.1, 0.15) is 27.2 Å². The number of carbonyl (C=O) groups is 1. The Kier molecular flexibility index (Phi) is 5.01. The van der Waals surface area contributed by atoms with Gasteiger partial charge in [0.25, 0.3) is 0 Å². The van der Waals surface area contributed by atoms with Crippen molar-refractivity contribution in [1.29, 1.82) is 0 Å². The number of nitrogen functional groups attached to an aromatic ring is 1. The maximum absolute atomic E-state index is 11.5. The summed E-state index contributed by atoms with van der Waals surface area (Å²) in [5, 5.41) is 2.83. The molecule has 4 heteroatoms. The SMILES string of the molecule is CC(C)(C)CC(=O)NCCOc1ccc(N)cc1. The third-order valence-corrected chi connectivity index (χ3v) is 2.26. The predicted molar refractivity (Wildman–Crippen MR) is 73.4 cm³/mol. The number of hydrogen-bond acceptors (Lipinski definition) is 3. The van der Waals surface area contributed by atoms with Crippen LogP contribution in [-0.2, 0) is 4.79 Å². The molecular formula is C14H22N2O2. The van der Waals surface area contributed by atoms with Crippen molar-refractivity contribution in [2.75, 3.05) is 18.9 Å². The maximum atomic E-state index is 11.5. The highest BCUT2D eigenvalue weighted by molar-refractivity contribution is 5.76. The molecule has 0 spiro atoms. The van der Waals surface area contributed by atoms with E-state index < -0.39 is 0 Å². The summed E-state index contributed by atoms with van der Waals surface area (Å²) in [5.41, 5.74) is 6.29. The first kappa shape index (κ1) is 14.4. The summed E-state index contributed by atoms with van der Waals surface area (Å²) in [6.45, 7) is 7.09. The first-order chi connectivity index (χ1) is 8.37. The van der Waals surface area contributed by atoms with Crippen molar-refractivity contribution in [3.8, 4) is 5.75 Å². The average molecular weight is 250 g/mol. The van der Waals surface area contributed by atoms with E-state index in [0.717, 1.165) is 5.75 Å². The Bertz CT molecular complexity index is 380. The van der Waals surface area contributed by atoms with Crippen LogP contribution in [0.3, 0.4) is 0 Å². The molecule has 1 aromatic rings. The number of nitrogens with two attached hydrogens (primary N) is 1. The average Bonchev–Trinajstić information content (AvgIpc) is 2.24. The lowest BCUT2D eigenvalue weighted by atomic mass is 9.92. The van der Waals surface area contributed by atoms with Gasteiger partial charge < -0.3 is 15.8 Å². The summed E-state index contributed by atoms with van der Waals surface area (Å²) in [7, 11) is 0. The second-order valence-corrected chi connectivity index (χ2v) is 5.50. The minimum Gasteiger partial charge on any atom is -0.492 e. The number of hydrogen-bond donors (Lipinski definition) is 2. The number of carbonyl (C=O) groups excluding carboxylic acids is 1. The van der Waals surface area contributed by atoms with E-state index in [4.69, 9.17) is 10.5 Å². The van der Waals surface area contributed by atoms with Gasteiger partial charge in [0.15, 0.2) is 0 Å². The number of amides is 1. The topological polar surface area (TPSA) is 64.3 Å². The molecule has 1 amide bonds. The molecule has 0 bridgehead atoms. The molecule has 0 fully saturated rings. The third-order valence-electron chi connectivity index (χ3n) is 2.26. The van der Waals surface area contributed by atoms with Gasteiger partial charge in [0.1, 0.15) is 12.4 Å². The van der Waals surface area contributed by atoms with Gasteiger partial charge in [-0.25, -0.2) is 0 Å². The van der Waals surface area contributed by atoms with Crippen molar-refractivity contribution in [3.05, 3.63) is 24.3 Å². The van der Waals surface area contributed by atoms with E-state index in [1.807, 2.05) is 32.9 Å². The van der Waals surface area contributed by atoms with E-state index in [9.17, 15) is 4.79 Å². The Morgan fingerprint density at radius 3 is 2.44 bits per heavy atom. The molecule has 0 heterocycles. The van der Waals surface area contributed by atoms with Gasteiger partial charge in [0.2, 0.25) is 5.91 Å². The van der Waals surface area contributed by atoms with Crippen LogP contribution in [0.15, 0.2) is 24.3 Å². The van der Waals surface area contributed by atoms with Gasteiger partial charge in [-0.2, -0.15) is 0 Å². The van der Waals surface area contributed by atoms with Gasteiger partial charge in [0.05, 0.1) is 6.54 Å². The molecular weight excluding hydrogens is 228 g/mol. The van der Waals surface area contributed by atoms with Gasteiger partial charge in [-0.05, 0) is 29.7 Å². The normalized spacial score (nSPS) is 11.1. The zero-order valence-corrected chi connectivity index (χ0v) is 11.3. The summed E-state index contributed by atoms with van der Waals surface area (Å²) >= 11 is 0. The molecule has 18 heavy (non-hydrogen) atoms. The highest BCUT2D eigenvalue weighted by atomic mass is 16.5. The highest BCUT2D eigenvalue weighted by Gasteiger charge is 2.15. The van der Waals surface area contributed by atoms with Crippen LogP contribution in [0.2, 0.25) is 0 Å². The van der Waals surface area contributed by atoms with E-state index >= 15 is 0 Å². The number of anilines is 1. The minimum absolute atomic E-state index is 0.0158. The second kappa shape index (κ2) is 6.28. The first-order valence-corrected chi connectivity index (χ1v) is 6.12.